The Hall–Kier alpha value is -3.55. The predicted molar refractivity (Wildman–Crippen MR) is 123 cm³/mol. The number of hydrogen-bond acceptors (Lipinski definition) is 6. The first-order chi connectivity index (χ1) is 15.6. The van der Waals surface area contributed by atoms with Crippen molar-refractivity contribution in [1.29, 1.82) is 0 Å². The van der Waals surface area contributed by atoms with Gasteiger partial charge in [0.1, 0.15) is 17.3 Å². The summed E-state index contributed by atoms with van der Waals surface area (Å²) in [6, 6.07) is 23.9. The van der Waals surface area contributed by atoms with Gasteiger partial charge in [0.25, 0.3) is 5.22 Å². The number of aromatic nitrogens is 2. The van der Waals surface area contributed by atoms with Crippen LogP contribution in [0.3, 0.4) is 0 Å². The molecule has 0 spiro atoms. The number of hydrogen-bond donors (Lipinski definition) is 1. The van der Waals surface area contributed by atoms with Crippen molar-refractivity contribution >= 4 is 35.4 Å². The molecular weight excluding hydrogens is 448 g/mol. The summed E-state index contributed by atoms with van der Waals surface area (Å²) >= 11 is 6.78. The number of thioether (sulfide) groups is 1. The molecule has 0 amide bonds. The Bertz CT molecular complexity index is 1220. The number of rotatable bonds is 8. The Balaban J connectivity index is 1.44. The molecule has 1 N–H and O–H groups in total. The molecule has 0 aliphatic heterocycles. The number of benzene rings is 3. The number of carbonyl (C=O) groups is 1. The number of carboxylic acids is 1. The van der Waals surface area contributed by atoms with E-state index in [4.69, 9.17) is 20.8 Å². The van der Waals surface area contributed by atoms with Crippen LogP contribution in [-0.4, -0.2) is 21.3 Å². The van der Waals surface area contributed by atoms with Gasteiger partial charge in [-0.05, 0) is 65.4 Å². The molecule has 1 heterocycles. The topological polar surface area (TPSA) is 85.5 Å². The van der Waals surface area contributed by atoms with Crippen molar-refractivity contribution in [2.24, 2.45) is 0 Å². The second-order valence-electron chi connectivity index (χ2n) is 6.64. The Morgan fingerprint density at radius 3 is 2.41 bits per heavy atom. The molecule has 3 aromatic carbocycles. The van der Waals surface area contributed by atoms with Gasteiger partial charge >= 0.3 is 5.97 Å². The van der Waals surface area contributed by atoms with Gasteiger partial charge in [-0.1, -0.05) is 54.1 Å². The highest BCUT2D eigenvalue weighted by Crippen LogP contribution is 2.30. The van der Waals surface area contributed by atoms with Crippen molar-refractivity contribution in [3.05, 3.63) is 99.9 Å². The van der Waals surface area contributed by atoms with E-state index in [1.165, 1.54) is 0 Å². The molecule has 0 saturated carbocycles. The normalized spacial score (nSPS) is 11.3. The largest absolute Gasteiger partial charge is 0.489 e. The second kappa shape index (κ2) is 10.2. The van der Waals surface area contributed by atoms with Gasteiger partial charge < -0.3 is 14.3 Å². The highest BCUT2D eigenvalue weighted by Gasteiger charge is 2.16. The average molecular weight is 465 g/mol. The zero-order valence-corrected chi connectivity index (χ0v) is 18.2. The standard InChI is InChI=1S/C24H17ClN2O4S/c25-19-10-8-18(9-11-19)22-26-27-24(31-22)32-21(23(28)29)14-16-6-12-20(13-7-16)30-15-17-4-2-1-3-5-17/h1-14H,15H2,(H,28,29)/b21-14-. The maximum Gasteiger partial charge on any atom is 0.342 e. The first-order valence-corrected chi connectivity index (χ1v) is 10.8. The molecule has 32 heavy (non-hydrogen) atoms. The molecule has 0 aliphatic rings. The highest BCUT2D eigenvalue weighted by atomic mass is 35.5. The van der Waals surface area contributed by atoms with E-state index in [1.807, 2.05) is 30.3 Å². The summed E-state index contributed by atoms with van der Waals surface area (Å²) in [6.07, 6.45) is 1.54. The molecular formula is C24H17ClN2O4S. The van der Waals surface area contributed by atoms with E-state index in [0.29, 0.717) is 28.5 Å². The second-order valence-corrected chi connectivity index (χ2v) is 8.07. The lowest BCUT2D eigenvalue weighted by molar-refractivity contribution is -0.131. The Kier molecular flexibility index (Phi) is 6.89. The van der Waals surface area contributed by atoms with Crippen LogP contribution >= 0.6 is 23.4 Å². The van der Waals surface area contributed by atoms with E-state index < -0.39 is 5.97 Å². The van der Waals surface area contributed by atoms with Gasteiger partial charge in [-0.3, -0.25) is 0 Å². The zero-order chi connectivity index (χ0) is 22.3. The minimum absolute atomic E-state index is 0.0502. The van der Waals surface area contributed by atoms with Crippen LogP contribution in [0.4, 0.5) is 0 Å². The maximum absolute atomic E-state index is 11.7. The van der Waals surface area contributed by atoms with Gasteiger partial charge in [-0.2, -0.15) is 0 Å². The van der Waals surface area contributed by atoms with Gasteiger partial charge in [0.15, 0.2) is 0 Å². The van der Waals surface area contributed by atoms with Gasteiger partial charge in [-0.15, -0.1) is 10.2 Å². The summed E-state index contributed by atoms with van der Waals surface area (Å²) in [4.78, 5) is 11.8. The quantitative estimate of drug-likeness (QED) is 0.246. The van der Waals surface area contributed by atoms with Crippen molar-refractivity contribution in [3.8, 4) is 17.2 Å². The van der Waals surface area contributed by atoms with Crippen molar-refractivity contribution in [2.75, 3.05) is 0 Å². The summed E-state index contributed by atoms with van der Waals surface area (Å²) < 4.78 is 11.4. The molecule has 0 bridgehead atoms. The van der Waals surface area contributed by atoms with Crippen LogP contribution in [0.15, 0.2) is 93.4 Å². The molecule has 160 valence electrons. The minimum Gasteiger partial charge on any atom is -0.489 e. The highest BCUT2D eigenvalue weighted by molar-refractivity contribution is 8.03. The van der Waals surface area contributed by atoms with Crippen LogP contribution in [-0.2, 0) is 11.4 Å². The fourth-order valence-electron chi connectivity index (χ4n) is 2.74. The number of ether oxygens (including phenoxy) is 1. The third-order valence-electron chi connectivity index (χ3n) is 4.33. The van der Waals surface area contributed by atoms with Crippen molar-refractivity contribution in [1.82, 2.24) is 10.2 Å². The molecule has 4 aromatic rings. The molecule has 6 nitrogen and oxygen atoms in total. The first kappa shape index (κ1) is 21.7. The van der Waals surface area contributed by atoms with E-state index in [2.05, 4.69) is 10.2 Å². The molecule has 4 rings (SSSR count). The van der Waals surface area contributed by atoms with Crippen molar-refractivity contribution in [2.45, 2.75) is 11.8 Å². The van der Waals surface area contributed by atoms with Gasteiger partial charge in [0.05, 0.1) is 0 Å². The van der Waals surface area contributed by atoms with E-state index in [-0.39, 0.29) is 16.0 Å². The lowest BCUT2D eigenvalue weighted by atomic mass is 10.2. The SMILES string of the molecule is O=C(O)/C(=C/c1ccc(OCc2ccccc2)cc1)Sc1nnc(-c2ccc(Cl)cc2)o1. The van der Waals surface area contributed by atoms with Crippen LogP contribution in [0.2, 0.25) is 5.02 Å². The first-order valence-electron chi connectivity index (χ1n) is 9.56. The predicted octanol–water partition coefficient (Wildman–Crippen LogP) is 6.19. The van der Waals surface area contributed by atoms with Crippen molar-refractivity contribution < 1.29 is 19.1 Å². The minimum atomic E-state index is -1.09. The van der Waals surface area contributed by atoms with Crippen LogP contribution in [0.5, 0.6) is 5.75 Å². The molecule has 0 unspecified atom stereocenters. The van der Waals surface area contributed by atoms with Crippen molar-refractivity contribution in [3.63, 3.8) is 0 Å². The molecule has 8 heteroatoms. The number of carboxylic acid groups (broad SMARTS) is 1. The summed E-state index contributed by atoms with van der Waals surface area (Å²) in [6.45, 7) is 0.458. The van der Waals surface area contributed by atoms with Crippen LogP contribution < -0.4 is 4.74 Å². The summed E-state index contributed by atoms with van der Waals surface area (Å²) in [5.41, 5.74) is 2.47. The fourth-order valence-corrected chi connectivity index (χ4v) is 3.54. The summed E-state index contributed by atoms with van der Waals surface area (Å²) in [5.74, 6) is -0.112. The van der Waals surface area contributed by atoms with Gasteiger partial charge in [-0.25, -0.2) is 4.79 Å². The van der Waals surface area contributed by atoms with Gasteiger partial charge in [0, 0.05) is 10.6 Å². The number of nitrogens with zero attached hydrogens (tertiary/aromatic N) is 2. The molecule has 0 radical (unpaired) electrons. The maximum atomic E-state index is 11.7. The van der Waals surface area contributed by atoms with Gasteiger partial charge in [0.2, 0.25) is 5.89 Å². The molecule has 0 fully saturated rings. The lowest BCUT2D eigenvalue weighted by Crippen LogP contribution is -1.97. The van der Waals surface area contributed by atoms with E-state index >= 15 is 0 Å². The van der Waals surface area contributed by atoms with E-state index in [9.17, 15) is 9.90 Å². The smallest absolute Gasteiger partial charge is 0.342 e. The third kappa shape index (κ3) is 5.78. The van der Waals surface area contributed by atoms with Crippen LogP contribution in [0.1, 0.15) is 11.1 Å². The summed E-state index contributed by atoms with van der Waals surface area (Å²) in [5, 5.41) is 18.2. The average Bonchev–Trinajstić information content (AvgIpc) is 3.28. The molecule has 1 aromatic heterocycles. The Morgan fingerprint density at radius 1 is 1.00 bits per heavy atom. The van der Waals surface area contributed by atoms with E-state index in [0.717, 1.165) is 17.3 Å². The molecule has 0 saturated heterocycles. The number of aliphatic carboxylic acids is 1. The van der Waals surface area contributed by atoms with Crippen LogP contribution in [0.25, 0.3) is 17.5 Å². The summed E-state index contributed by atoms with van der Waals surface area (Å²) in [7, 11) is 0. The monoisotopic (exact) mass is 464 g/mol. The van der Waals surface area contributed by atoms with Crippen LogP contribution in [0, 0.1) is 0 Å². The fraction of sp³-hybridized carbons (Fsp3) is 0.0417. The zero-order valence-electron chi connectivity index (χ0n) is 16.6. The Labute approximate surface area is 193 Å². The lowest BCUT2D eigenvalue weighted by Gasteiger charge is -2.06. The molecule has 0 atom stereocenters. The number of halogens is 1. The Morgan fingerprint density at radius 2 is 1.72 bits per heavy atom. The van der Waals surface area contributed by atoms with E-state index in [1.54, 1.807) is 54.6 Å². The molecule has 0 aliphatic carbocycles. The third-order valence-corrected chi connectivity index (χ3v) is 5.44.